The van der Waals surface area contributed by atoms with Crippen LogP contribution in [0.4, 0.5) is 9.18 Å². The van der Waals surface area contributed by atoms with Gasteiger partial charge in [-0.25, -0.2) is 9.18 Å². The summed E-state index contributed by atoms with van der Waals surface area (Å²) in [7, 11) is 0. The van der Waals surface area contributed by atoms with Gasteiger partial charge in [0, 0.05) is 30.3 Å². The summed E-state index contributed by atoms with van der Waals surface area (Å²) in [5.74, 6) is -0.268. The number of aromatic nitrogens is 1. The largest absolute Gasteiger partial charge is 0.462 e. The number of carbonyl (C=O) groups is 2. The number of ether oxygens (including phenoxy) is 2. The molecule has 1 aliphatic carbocycles. The number of fused-ring (bicyclic) bond motifs is 2. The quantitative estimate of drug-likeness (QED) is 0.555. The lowest BCUT2D eigenvalue weighted by molar-refractivity contribution is -0.144. The van der Waals surface area contributed by atoms with Crippen LogP contribution in [0.2, 0.25) is 0 Å². The van der Waals surface area contributed by atoms with E-state index in [1.54, 1.807) is 12.3 Å². The highest BCUT2D eigenvalue weighted by Crippen LogP contribution is 2.51. The average molecular weight is 479 g/mol. The maximum atomic E-state index is 13.6. The first kappa shape index (κ1) is 23.5. The third-order valence-electron chi connectivity index (χ3n) is 7.81. The molecule has 2 saturated heterocycles. The van der Waals surface area contributed by atoms with Gasteiger partial charge < -0.3 is 14.4 Å². The molecule has 3 fully saturated rings. The van der Waals surface area contributed by atoms with Gasteiger partial charge in [-0.15, -0.1) is 0 Å². The van der Waals surface area contributed by atoms with Gasteiger partial charge in [-0.1, -0.05) is 24.3 Å². The Labute approximate surface area is 205 Å². The summed E-state index contributed by atoms with van der Waals surface area (Å²) in [4.78, 5) is 31.8. The van der Waals surface area contributed by atoms with E-state index in [0.717, 1.165) is 29.7 Å². The fourth-order valence-electron chi connectivity index (χ4n) is 6.31. The van der Waals surface area contributed by atoms with E-state index in [2.05, 4.69) is 11.1 Å². The zero-order valence-electron chi connectivity index (χ0n) is 20.1. The van der Waals surface area contributed by atoms with E-state index in [0.29, 0.717) is 19.6 Å². The van der Waals surface area contributed by atoms with Crippen molar-refractivity contribution in [2.75, 3.05) is 13.2 Å². The van der Waals surface area contributed by atoms with Crippen LogP contribution in [-0.2, 0) is 14.3 Å². The fraction of sp³-hybridized carbons (Fsp3) is 0.464. The minimum atomic E-state index is -0.294. The minimum Gasteiger partial charge on any atom is -0.462 e. The summed E-state index contributed by atoms with van der Waals surface area (Å²) < 4.78 is 24.6. The first-order valence-electron chi connectivity index (χ1n) is 12.5. The molecule has 6 nitrogen and oxygen atoms in total. The second-order valence-electron chi connectivity index (χ2n) is 9.75. The van der Waals surface area contributed by atoms with E-state index in [1.165, 1.54) is 12.1 Å². The van der Waals surface area contributed by atoms with E-state index in [9.17, 15) is 14.0 Å². The van der Waals surface area contributed by atoms with Gasteiger partial charge in [0.05, 0.1) is 18.2 Å². The molecule has 7 heteroatoms. The number of esters is 1. The molecular formula is C28H31FN2O4. The zero-order chi connectivity index (χ0) is 24.5. The Morgan fingerprint density at radius 3 is 2.89 bits per heavy atom. The Kier molecular flexibility index (Phi) is 6.58. The summed E-state index contributed by atoms with van der Waals surface area (Å²) in [5, 5.41) is 0. The van der Waals surface area contributed by atoms with Crippen molar-refractivity contribution in [2.45, 2.75) is 45.3 Å². The number of carbonyl (C=O) groups excluding carboxylic acids is 2. The first-order chi connectivity index (χ1) is 17.0. The SMILES string of the molecule is CCOC(=O)N1CCCC2C(/C=C/c3ccc(-c4cccc(F)c4)cn3)C3C(C)OC(=O)C3CC21. The second kappa shape index (κ2) is 9.80. The molecule has 5 rings (SSSR count). The monoisotopic (exact) mass is 478 g/mol. The van der Waals surface area contributed by atoms with Gasteiger partial charge in [-0.2, -0.15) is 0 Å². The lowest BCUT2D eigenvalue weighted by atomic mass is 9.61. The molecular weight excluding hydrogens is 447 g/mol. The Morgan fingerprint density at radius 1 is 1.29 bits per heavy atom. The van der Waals surface area contributed by atoms with E-state index in [4.69, 9.17) is 9.47 Å². The Hall–Kier alpha value is -3.22. The molecule has 2 aliphatic heterocycles. The van der Waals surface area contributed by atoms with Crippen LogP contribution < -0.4 is 0 Å². The molecule has 35 heavy (non-hydrogen) atoms. The topological polar surface area (TPSA) is 68.7 Å². The number of hydrogen-bond acceptors (Lipinski definition) is 5. The number of piperidine rings is 1. The number of halogens is 1. The van der Waals surface area contributed by atoms with Crippen LogP contribution in [0.25, 0.3) is 17.2 Å². The Balaban J connectivity index is 1.41. The van der Waals surface area contributed by atoms with Gasteiger partial charge in [-0.3, -0.25) is 9.78 Å². The highest BCUT2D eigenvalue weighted by atomic mass is 19.1. The van der Waals surface area contributed by atoms with Crippen molar-refractivity contribution in [1.82, 2.24) is 9.88 Å². The number of nitrogens with zero attached hydrogens (tertiary/aromatic N) is 2. The zero-order valence-corrected chi connectivity index (χ0v) is 20.1. The summed E-state index contributed by atoms with van der Waals surface area (Å²) in [6, 6.07) is 10.3. The number of allylic oxidation sites excluding steroid dienone is 1. The molecule has 1 amide bonds. The van der Waals surface area contributed by atoms with Crippen molar-refractivity contribution in [3.8, 4) is 11.1 Å². The predicted molar refractivity (Wildman–Crippen MR) is 130 cm³/mol. The number of hydrogen-bond donors (Lipinski definition) is 0. The molecule has 3 aliphatic rings. The van der Waals surface area contributed by atoms with Gasteiger partial charge in [0.1, 0.15) is 11.9 Å². The molecule has 0 spiro atoms. The highest BCUT2D eigenvalue weighted by molar-refractivity contribution is 5.76. The number of pyridine rings is 1. The molecule has 1 saturated carbocycles. The standard InChI is InChI=1S/C28H31FN2O4/c1-3-34-28(33)31-13-5-8-22-23(26-17(2)35-27(32)24(26)15-25(22)31)12-11-21-10-9-19(16-30-21)18-6-4-7-20(29)14-18/h4,6-7,9-12,14,16-17,22-26H,3,5,8,13,15H2,1-2H3/b12-11+. The maximum absolute atomic E-state index is 13.6. The van der Waals surface area contributed by atoms with Crippen molar-refractivity contribution >= 4 is 18.1 Å². The van der Waals surface area contributed by atoms with Crippen molar-refractivity contribution in [1.29, 1.82) is 0 Å². The number of cyclic esters (lactones) is 1. The van der Waals surface area contributed by atoms with Crippen molar-refractivity contribution in [3.63, 3.8) is 0 Å². The molecule has 6 unspecified atom stereocenters. The van der Waals surface area contributed by atoms with Crippen molar-refractivity contribution in [3.05, 3.63) is 60.2 Å². The minimum absolute atomic E-state index is 0.0418. The van der Waals surface area contributed by atoms with Crippen LogP contribution in [0, 0.1) is 29.5 Å². The van der Waals surface area contributed by atoms with E-state index in [1.807, 2.05) is 43.0 Å². The van der Waals surface area contributed by atoms with Crippen LogP contribution in [0.15, 0.2) is 48.7 Å². The van der Waals surface area contributed by atoms with Crippen molar-refractivity contribution in [2.24, 2.45) is 23.7 Å². The first-order valence-corrected chi connectivity index (χ1v) is 12.5. The summed E-state index contributed by atoms with van der Waals surface area (Å²) >= 11 is 0. The second-order valence-corrected chi connectivity index (χ2v) is 9.75. The molecule has 2 aromatic rings. The third kappa shape index (κ3) is 4.56. The van der Waals surface area contributed by atoms with E-state index in [-0.39, 0.29) is 53.7 Å². The molecule has 1 aromatic carbocycles. The third-order valence-corrected chi connectivity index (χ3v) is 7.81. The molecule has 184 valence electrons. The molecule has 0 N–H and O–H groups in total. The molecule has 1 aromatic heterocycles. The lowest BCUT2D eigenvalue weighted by Crippen LogP contribution is -2.56. The van der Waals surface area contributed by atoms with Gasteiger partial charge in [0.15, 0.2) is 0 Å². The van der Waals surface area contributed by atoms with E-state index >= 15 is 0 Å². The fourth-order valence-corrected chi connectivity index (χ4v) is 6.31. The van der Waals surface area contributed by atoms with E-state index < -0.39 is 0 Å². The number of rotatable bonds is 4. The molecule has 3 heterocycles. The number of benzene rings is 1. The van der Waals surface area contributed by atoms with Crippen LogP contribution in [0.1, 0.15) is 38.8 Å². The number of amides is 1. The average Bonchev–Trinajstić information content (AvgIpc) is 3.15. The molecule has 0 bridgehead atoms. The van der Waals surface area contributed by atoms with Crippen LogP contribution in [-0.4, -0.2) is 47.2 Å². The van der Waals surface area contributed by atoms with Gasteiger partial charge in [0.25, 0.3) is 0 Å². The van der Waals surface area contributed by atoms with Crippen LogP contribution in [0.5, 0.6) is 0 Å². The van der Waals surface area contributed by atoms with Crippen molar-refractivity contribution < 1.29 is 23.5 Å². The normalized spacial score (nSPS) is 30.0. The highest BCUT2D eigenvalue weighted by Gasteiger charge is 2.56. The number of likely N-dealkylation sites (tertiary alicyclic amines) is 1. The van der Waals surface area contributed by atoms with Crippen LogP contribution in [0.3, 0.4) is 0 Å². The molecule has 0 radical (unpaired) electrons. The van der Waals surface area contributed by atoms with Gasteiger partial charge in [0.2, 0.25) is 0 Å². The predicted octanol–water partition coefficient (Wildman–Crippen LogP) is 5.34. The van der Waals surface area contributed by atoms with Gasteiger partial charge in [-0.05, 0) is 74.8 Å². The Morgan fingerprint density at radius 2 is 2.14 bits per heavy atom. The summed E-state index contributed by atoms with van der Waals surface area (Å²) in [5.41, 5.74) is 2.42. The van der Waals surface area contributed by atoms with Gasteiger partial charge >= 0.3 is 12.1 Å². The Bertz CT molecular complexity index is 1120. The van der Waals surface area contributed by atoms with Crippen LogP contribution >= 0.6 is 0 Å². The lowest BCUT2D eigenvalue weighted by Gasteiger charge is -2.50. The summed E-state index contributed by atoms with van der Waals surface area (Å²) in [6.07, 6.45) is 7.97. The maximum Gasteiger partial charge on any atom is 0.410 e. The molecule has 6 atom stereocenters. The summed E-state index contributed by atoms with van der Waals surface area (Å²) in [6.45, 7) is 4.77. The smallest absolute Gasteiger partial charge is 0.410 e.